The average molecular weight is 424 g/mol. The highest BCUT2D eigenvalue weighted by Gasteiger charge is 2.34. The number of methoxy groups -OCH3 is 2. The Kier molecular flexibility index (Phi) is 6.84. The van der Waals surface area contributed by atoms with E-state index in [0.717, 1.165) is 5.56 Å². The molecule has 0 spiro atoms. The Hall–Kier alpha value is -3.48. The summed E-state index contributed by atoms with van der Waals surface area (Å²) in [5.41, 5.74) is 3.82. The number of amides is 2. The van der Waals surface area contributed by atoms with Gasteiger partial charge in [-0.3, -0.25) is 0 Å². The first-order valence-electron chi connectivity index (χ1n) is 10.1. The number of nitrogens with one attached hydrogen (secondary N) is 2. The summed E-state index contributed by atoms with van der Waals surface area (Å²) in [7, 11) is 2.87. The molecule has 1 aliphatic rings. The quantitative estimate of drug-likeness (QED) is 0.656. The summed E-state index contributed by atoms with van der Waals surface area (Å²) in [6.45, 7) is 6.24. The van der Waals surface area contributed by atoms with Crippen molar-refractivity contribution in [2.75, 3.05) is 14.2 Å². The molecule has 1 atom stereocenters. The lowest BCUT2D eigenvalue weighted by molar-refractivity contribution is -0.136. The number of carbonyl (C=O) groups excluding carboxylic acids is 2. The highest BCUT2D eigenvalue weighted by atomic mass is 16.5. The minimum absolute atomic E-state index is 0.0679. The minimum Gasteiger partial charge on any atom is -0.493 e. The van der Waals surface area contributed by atoms with Gasteiger partial charge in [-0.15, -0.1) is 0 Å². The number of ether oxygens (including phenoxy) is 3. The van der Waals surface area contributed by atoms with Crippen LogP contribution in [0, 0.1) is 12.8 Å². The zero-order valence-corrected chi connectivity index (χ0v) is 18.4. The van der Waals surface area contributed by atoms with Crippen molar-refractivity contribution < 1.29 is 23.8 Å². The molecule has 0 saturated carbocycles. The molecule has 0 aromatic heterocycles. The fraction of sp³-hybridized carbons (Fsp3) is 0.333. The molecule has 2 amide bonds. The fourth-order valence-electron chi connectivity index (χ4n) is 3.46. The van der Waals surface area contributed by atoms with Crippen LogP contribution < -0.4 is 20.1 Å². The second-order valence-corrected chi connectivity index (χ2v) is 7.69. The Morgan fingerprint density at radius 2 is 1.77 bits per heavy atom. The van der Waals surface area contributed by atoms with E-state index in [9.17, 15) is 9.59 Å². The van der Waals surface area contributed by atoms with Crippen molar-refractivity contribution in [3.63, 3.8) is 0 Å². The normalized spacial score (nSPS) is 15.9. The molecule has 31 heavy (non-hydrogen) atoms. The van der Waals surface area contributed by atoms with Gasteiger partial charge in [0.2, 0.25) is 0 Å². The van der Waals surface area contributed by atoms with Gasteiger partial charge in [0.25, 0.3) is 0 Å². The summed E-state index contributed by atoms with van der Waals surface area (Å²) in [6, 6.07) is 12.4. The highest BCUT2D eigenvalue weighted by Crippen LogP contribution is 2.36. The molecule has 7 nitrogen and oxygen atoms in total. The zero-order chi connectivity index (χ0) is 22.5. The maximum atomic E-state index is 12.5. The van der Waals surface area contributed by atoms with Gasteiger partial charge in [-0.1, -0.05) is 49.7 Å². The second kappa shape index (κ2) is 9.55. The Balaban J connectivity index is 1.92. The fourth-order valence-corrected chi connectivity index (χ4v) is 3.46. The molecule has 0 bridgehead atoms. The monoisotopic (exact) mass is 424 g/mol. The molecule has 2 N–H and O–H groups in total. The molecule has 1 unspecified atom stereocenters. The van der Waals surface area contributed by atoms with Gasteiger partial charge in [0.1, 0.15) is 6.61 Å². The number of aryl methyl sites for hydroxylation is 1. The maximum absolute atomic E-state index is 12.5. The van der Waals surface area contributed by atoms with E-state index in [1.807, 2.05) is 51.1 Å². The first kappa shape index (κ1) is 22.2. The molecule has 0 aliphatic carbocycles. The van der Waals surface area contributed by atoms with Crippen LogP contribution in [0.1, 0.15) is 36.6 Å². The lowest BCUT2D eigenvalue weighted by atomic mass is 9.91. The largest absolute Gasteiger partial charge is 0.493 e. The molecule has 2 aromatic carbocycles. The van der Waals surface area contributed by atoms with Crippen LogP contribution in [0.15, 0.2) is 53.7 Å². The molecule has 0 saturated heterocycles. The van der Waals surface area contributed by atoms with Gasteiger partial charge in [-0.25, -0.2) is 9.59 Å². The molecule has 3 rings (SSSR count). The van der Waals surface area contributed by atoms with Gasteiger partial charge < -0.3 is 24.8 Å². The summed E-state index contributed by atoms with van der Waals surface area (Å²) in [4.78, 5) is 24.8. The SMILES string of the molecule is COC(=O)C1=C(C(C)C)NC(=O)NC1c1ccc(OCc2ccc(C)cc2)c(OC)c1. The van der Waals surface area contributed by atoms with Crippen molar-refractivity contribution in [1.82, 2.24) is 10.6 Å². The standard InChI is InChI=1S/C24H28N2O5/c1-14(2)21-20(23(27)30-5)22(26-24(28)25-21)17-10-11-18(19(12-17)29-4)31-13-16-8-6-15(3)7-9-16/h6-12,14,22H,13H2,1-5H3,(H2,25,26,28). The van der Waals surface area contributed by atoms with E-state index in [1.54, 1.807) is 19.2 Å². The van der Waals surface area contributed by atoms with E-state index >= 15 is 0 Å². The van der Waals surface area contributed by atoms with Crippen LogP contribution in [0.4, 0.5) is 4.79 Å². The van der Waals surface area contributed by atoms with Gasteiger partial charge in [0.15, 0.2) is 11.5 Å². The van der Waals surface area contributed by atoms with Crippen LogP contribution in [0.5, 0.6) is 11.5 Å². The van der Waals surface area contributed by atoms with E-state index in [2.05, 4.69) is 10.6 Å². The topological polar surface area (TPSA) is 85.9 Å². The summed E-state index contributed by atoms with van der Waals surface area (Å²) >= 11 is 0. The van der Waals surface area contributed by atoms with Crippen molar-refractivity contribution in [1.29, 1.82) is 0 Å². The van der Waals surface area contributed by atoms with Crippen LogP contribution in [-0.2, 0) is 16.1 Å². The molecule has 0 fully saturated rings. The number of hydrogen-bond acceptors (Lipinski definition) is 5. The molecule has 0 radical (unpaired) electrons. The third-order valence-electron chi connectivity index (χ3n) is 5.12. The highest BCUT2D eigenvalue weighted by molar-refractivity contribution is 5.95. The van der Waals surface area contributed by atoms with Gasteiger partial charge in [-0.2, -0.15) is 0 Å². The Morgan fingerprint density at radius 3 is 2.39 bits per heavy atom. The Labute approximate surface area is 182 Å². The van der Waals surface area contributed by atoms with Crippen molar-refractivity contribution >= 4 is 12.0 Å². The molecule has 1 heterocycles. The van der Waals surface area contributed by atoms with Crippen LogP contribution in [0.2, 0.25) is 0 Å². The smallest absolute Gasteiger partial charge is 0.337 e. The summed E-state index contributed by atoms with van der Waals surface area (Å²) in [5, 5.41) is 5.55. The predicted molar refractivity (Wildman–Crippen MR) is 117 cm³/mol. The van der Waals surface area contributed by atoms with Crippen LogP contribution in [0.25, 0.3) is 0 Å². The number of allylic oxidation sites excluding steroid dienone is 1. The maximum Gasteiger partial charge on any atom is 0.337 e. The Bertz CT molecular complexity index is 996. The first-order chi connectivity index (χ1) is 14.8. The van der Waals surface area contributed by atoms with Crippen LogP contribution in [-0.4, -0.2) is 26.2 Å². The average Bonchev–Trinajstić information content (AvgIpc) is 2.77. The van der Waals surface area contributed by atoms with E-state index in [-0.39, 0.29) is 11.9 Å². The molecule has 2 aromatic rings. The van der Waals surface area contributed by atoms with E-state index in [1.165, 1.54) is 12.7 Å². The van der Waals surface area contributed by atoms with Gasteiger partial charge >= 0.3 is 12.0 Å². The third kappa shape index (κ3) is 4.99. The van der Waals surface area contributed by atoms with Crippen LogP contribution in [0.3, 0.4) is 0 Å². The second-order valence-electron chi connectivity index (χ2n) is 7.69. The zero-order valence-electron chi connectivity index (χ0n) is 18.4. The molecule has 7 heteroatoms. The van der Waals surface area contributed by atoms with Gasteiger partial charge in [0, 0.05) is 5.70 Å². The van der Waals surface area contributed by atoms with E-state index < -0.39 is 12.0 Å². The van der Waals surface area contributed by atoms with Gasteiger partial charge in [0.05, 0.1) is 25.8 Å². The molecular weight excluding hydrogens is 396 g/mol. The number of esters is 1. The first-order valence-corrected chi connectivity index (χ1v) is 10.1. The molecule has 164 valence electrons. The number of urea groups is 1. The number of benzene rings is 2. The van der Waals surface area contributed by atoms with Gasteiger partial charge in [-0.05, 0) is 36.1 Å². The molecular formula is C24H28N2O5. The summed E-state index contributed by atoms with van der Waals surface area (Å²) in [5.74, 6) is 0.508. The van der Waals surface area contributed by atoms with E-state index in [4.69, 9.17) is 14.2 Å². The van der Waals surface area contributed by atoms with E-state index in [0.29, 0.717) is 34.9 Å². The van der Waals surface area contributed by atoms with Crippen molar-refractivity contribution in [2.24, 2.45) is 5.92 Å². The predicted octanol–water partition coefficient (Wildman–Crippen LogP) is 4.02. The number of rotatable bonds is 7. The van der Waals surface area contributed by atoms with Crippen molar-refractivity contribution in [3.8, 4) is 11.5 Å². The summed E-state index contributed by atoms with van der Waals surface area (Å²) < 4.78 is 16.5. The lowest BCUT2D eigenvalue weighted by Gasteiger charge is -2.31. The lowest BCUT2D eigenvalue weighted by Crippen LogP contribution is -2.47. The number of hydrogen-bond donors (Lipinski definition) is 2. The van der Waals surface area contributed by atoms with Crippen molar-refractivity contribution in [3.05, 3.63) is 70.4 Å². The van der Waals surface area contributed by atoms with Crippen LogP contribution >= 0.6 is 0 Å². The molecule has 1 aliphatic heterocycles. The minimum atomic E-state index is -0.668. The Morgan fingerprint density at radius 1 is 1.06 bits per heavy atom. The third-order valence-corrected chi connectivity index (χ3v) is 5.12. The number of carbonyl (C=O) groups is 2. The summed E-state index contributed by atoms with van der Waals surface area (Å²) in [6.07, 6.45) is 0. The van der Waals surface area contributed by atoms with Crippen molar-refractivity contribution in [2.45, 2.75) is 33.4 Å².